The first-order valence-electron chi connectivity index (χ1n) is 11.2. The van der Waals surface area contributed by atoms with Crippen molar-refractivity contribution in [1.29, 1.82) is 0 Å². The fourth-order valence-corrected chi connectivity index (χ4v) is 5.28. The van der Waals surface area contributed by atoms with Crippen LogP contribution >= 0.6 is 0 Å². The van der Waals surface area contributed by atoms with E-state index in [0.29, 0.717) is 26.4 Å². The number of nitrogens with two attached hydrogens (primary N) is 1. The first-order valence-corrected chi connectivity index (χ1v) is 13.2. The van der Waals surface area contributed by atoms with E-state index >= 15 is 0 Å². The third-order valence-electron chi connectivity index (χ3n) is 6.49. The molecule has 0 aromatic rings. The van der Waals surface area contributed by atoms with Crippen LogP contribution in [0.15, 0.2) is 0 Å². The van der Waals surface area contributed by atoms with Crippen molar-refractivity contribution in [2.75, 3.05) is 26.4 Å². The van der Waals surface area contributed by atoms with Crippen molar-refractivity contribution in [1.82, 2.24) is 0 Å². The Morgan fingerprint density at radius 1 is 0.679 bits per heavy atom. The molecule has 5 nitrogen and oxygen atoms in total. The quantitative estimate of drug-likeness (QED) is 0.228. The first kappa shape index (κ1) is 28.2. The summed E-state index contributed by atoms with van der Waals surface area (Å²) in [6, 6.07) is -0.226. The van der Waals surface area contributed by atoms with Crippen molar-refractivity contribution < 1.29 is 18.9 Å². The molecule has 0 aliphatic heterocycles. The van der Waals surface area contributed by atoms with Gasteiger partial charge in [0, 0.05) is 43.3 Å². The molecular formula is C21H49NO4Si2. The van der Waals surface area contributed by atoms with Gasteiger partial charge in [0.25, 0.3) is 0 Å². The number of rotatable bonds is 16. The van der Waals surface area contributed by atoms with E-state index in [0.717, 1.165) is 46.2 Å². The van der Waals surface area contributed by atoms with Crippen molar-refractivity contribution >= 4 is 20.5 Å². The minimum Gasteiger partial charge on any atom is -0.354 e. The van der Waals surface area contributed by atoms with Gasteiger partial charge in [-0.15, -0.1) is 0 Å². The Morgan fingerprint density at radius 2 is 1.00 bits per heavy atom. The van der Waals surface area contributed by atoms with Crippen LogP contribution in [-0.2, 0) is 18.9 Å². The summed E-state index contributed by atoms with van der Waals surface area (Å²) in [4.78, 5) is 0. The molecule has 0 aliphatic rings. The predicted octanol–water partition coefficient (Wildman–Crippen LogP) is 2.11. The van der Waals surface area contributed by atoms with Crippen LogP contribution in [0.2, 0.25) is 0 Å². The fourth-order valence-electron chi connectivity index (χ4n) is 3.67. The van der Waals surface area contributed by atoms with Gasteiger partial charge in [-0.05, 0) is 26.7 Å². The van der Waals surface area contributed by atoms with Gasteiger partial charge in [0.15, 0.2) is 0 Å². The number of hydrogen-bond acceptors (Lipinski definition) is 5. The Hall–Kier alpha value is 0.234. The lowest BCUT2D eigenvalue weighted by Gasteiger charge is -2.56. The van der Waals surface area contributed by atoms with Crippen molar-refractivity contribution in [3.05, 3.63) is 0 Å². The maximum Gasteiger partial charge on any atom is 0.147 e. The third kappa shape index (κ3) is 6.62. The van der Waals surface area contributed by atoms with Gasteiger partial charge in [-0.3, -0.25) is 0 Å². The predicted molar refractivity (Wildman–Crippen MR) is 126 cm³/mol. The van der Waals surface area contributed by atoms with Gasteiger partial charge in [0.2, 0.25) is 0 Å². The Labute approximate surface area is 180 Å². The van der Waals surface area contributed by atoms with E-state index in [1.54, 1.807) is 0 Å². The minimum absolute atomic E-state index is 0.226. The van der Waals surface area contributed by atoms with Gasteiger partial charge in [0.1, 0.15) is 10.8 Å². The van der Waals surface area contributed by atoms with E-state index in [9.17, 15) is 0 Å². The Morgan fingerprint density at radius 3 is 1.25 bits per heavy atom. The third-order valence-corrected chi connectivity index (χ3v) is 10.2. The molecule has 0 saturated heterocycles. The van der Waals surface area contributed by atoms with Gasteiger partial charge in [0.05, 0.1) is 20.5 Å². The van der Waals surface area contributed by atoms with Crippen molar-refractivity contribution in [2.24, 2.45) is 16.6 Å². The maximum atomic E-state index is 6.99. The van der Waals surface area contributed by atoms with Gasteiger partial charge in [-0.2, -0.15) is 0 Å². The van der Waals surface area contributed by atoms with Crippen LogP contribution in [0.4, 0.5) is 0 Å². The molecule has 2 N–H and O–H groups in total. The highest BCUT2D eigenvalue weighted by atomic mass is 28.2. The standard InChI is InChI=1S/C21H49NO4Si2/c1-9-13-15-25-20(27,23-11-3)18(5,6)17(22)19(7,8)21(28,24-12-4)26-16-14-10-2/h17H,9-16,22H2,1-8,27-28H3. The van der Waals surface area contributed by atoms with Gasteiger partial charge in [-0.25, -0.2) is 0 Å². The molecular weight excluding hydrogens is 386 g/mol. The molecule has 0 heterocycles. The SMILES string of the molecule is CCCCOC([SiH3])(OCC)C(C)(C)C(N)C(C)(C)C([SiH3])(OCC)OCCCC. The minimum atomic E-state index is -0.647. The molecule has 0 radical (unpaired) electrons. The molecule has 0 aromatic heterocycles. The topological polar surface area (TPSA) is 62.9 Å². The summed E-state index contributed by atoms with van der Waals surface area (Å²) in [5, 5.41) is 0. The number of hydrogen-bond donors (Lipinski definition) is 1. The van der Waals surface area contributed by atoms with E-state index in [1.165, 1.54) is 0 Å². The molecule has 0 bridgehead atoms. The normalized spacial score (nSPS) is 18.8. The maximum absolute atomic E-state index is 6.99. The molecule has 2 atom stereocenters. The summed E-state index contributed by atoms with van der Waals surface area (Å²) < 4.78 is 25.1. The van der Waals surface area contributed by atoms with Crippen LogP contribution in [0.25, 0.3) is 0 Å². The fraction of sp³-hybridized carbons (Fsp3) is 1.00. The van der Waals surface area contributed by atoms with Crippen LogP contribution in [0.3, 0.4) is 0 Å². The monoisotopic (exact) mass is 435 g/mol. The second-order valence-corrected chi connectivity index (χ2v) is 11.7. The lowest BCUT2D eigenvalue weighted by molar-refractivity contribution is -0.277. The lowest BCUT2D eigenvalue weighted by Crippen LogP contribution is -2.68. The molecule has 170 valence electrons. The number of unbranched alkanes of at least 4 members (excludes halogenated alkanes) is 2. The largest absolute Gasteiger partial charge is 0.354 e. The first-order chi connectivity index (χ1) is 12.9. The van der Waals surface area contributed by atoms with Gasteiger partial charge in [-0.1, -0.05) is 54.4 Å². The van der Waals surface area contributed by atoms with Crippen molar-refractivity contribution in [3.63, 3.8) is 0 Å². The van der Waals surface area contributed by atoms with Crippen LogP contribution in [0, 0.1) is 10.8 Å². The summed E-state index contributed by atoms with van der Waals surface area (Å²) >= 11 is 0. The summed E-state index contributed by atoms with van der Waals surface area (Å²) in [6.45, 7) is 19.7. The van der Waals surface area contributed by atoms with Crippen molar-refractivity contribution in [3.8, 4) is 0 Å². The molecule has 0 rings (SSSR count). The van der Waals surface area contributed by atoms with E-state index < -0.39 is 21.7 Å². The highest BCUT2D eigenvalue weighted by molar-refractivity contribution is 6.14. The Balaban J connectivity index is 5.79. The smallest absolute Gasteiger partial charge is 0.147 e. The Bertz CT molecular complexity index is 399. The van der Waals surface area contributed by atoms with E-state index in [4.69, 9.17) is 24.7 Å². The van der Waals surface area contributed by atoms with Crippen LogP contribution < -0.4 is 5.73 Å². The zero-order chi connectivity index (χ0) is 22.1. The molecule has 28 heavy (non-hydrogen) atoms. The average Bonchev–Trinajstić information content (AvgIpc) is 2.61. The van der Waals surface area contributed by atoms with Crippen molar-refractivity contribution in [2.45, 2.75) is 97.9 Å². The van der Waals surface area contributed by atoms with E-state index in [1.807, 2.05) is 13.8 Å². The Kier molecular flexibility index (Phi) is 12.3. The summed E-state index contributed by atoms with van der Waals surface area (Å²) in [5.41, 5.74) is 4.91. The summed E-state index contributed by atoms with van der Waals surface area (Å²) in [5.74, 6) is 0. The summed E-state index contributed by atoms with van der Waals surface area (Å²) in [7, 11) is 1.47. The zero-order valence-electron chi connectivity index (χ0n) is 20.4. The summed E-state index contributed by atoms with van der Waals surface area (Å²) in [6.07, 6.45) is 4.24. The van der Waals surface area contributed by atoms with Gasteiger partial charge >= 0.3 is 0 Å². The van der Waals surface area contributed by atoms with Crippen LogP contribution in [0.5, 0.6) is 0 Å². The highest BCUT2D eigenvalue weighted by Crippen LogP contribution is 2.47. The molecule has 0 aromatic carbocycles. The van der Waals surface area contributed by atoms with Gasteiger partial charge < -0.3 is 24.7 Å². The highest BCUT2D eigenvalue weighted by Gasteiger charge is 2.57. The second-order valence-electron chi connectivity index (χ2n) is 9.08. The molecule has 2 unspecified atom stereocenters. The molecule has 7 heteroatoms. The number of ether oxygens (including phenoxy) is 4. The zero-order valence-corrected chi connectivity index (χ0v) is 24.4. The molecule has 0 amide bonds. The molecule has 0 fully saturated rings. The second kappa shape index (κ2) is 12.2. The van der Waals surface area contributed by atoms with Crippen LogP contribution in [-0.4, -0.2) is 63.8 Å². The lowest BCUT2D eigenvalue weighted by atomic mass is 9.68. The van der Waals surface area contributed by atoms with E-state index in [-0.39, 0.29) is 6.04 Å². The molecule has 0 aliphatic carbocycles. The molecule has 0 spiro atoms. The van der Waals surface area contributed by atoms with E-state index in [2.05, 4.69) is 41.5 Å². The average molecular weight is 436 g/mol. The molecule has 0 saturated carbocycles. The van der Waals surface area contributed by atoms with Crippen LogP contribution in [0.1, 0.15) is 81.1 Å².